The van der Waals surface area contributed by atoms with Gasteiger partial charge in [-0.05, 0) is 62.4 Å². The predicted octanol–water partition coefficient (Wildman–Crippen LogP) is 2.40. The first kappa shape index (κ1) is 31.2. The molecule has 3 aromatic rings. The van der Waals surface area contributed by atoms with E-state index in [9.17, 15) is 9.59 Å². The fourth-order valence-corrected chi connectivity index (χ4v) is 4.72. The summed E-state index contributed by atoms with van der Waals surface area (Å²) in [4.78, 5) is 30.8. The number of nitrogens with one attached hydrogen (secondary N) is 2. The molecule has 0 spiro atoms. The van der Waals surface area contributed by atoms with Gasteiger partial charge in [-0.3, -0.25) is 14.6 Å². The zero-order chi connectivity index (χ0) is 29.0. The van der Waals surface area contributed by atoms with Crippen molar-refractivity contribution in [3.05, 3.63) is 72.4 Å². The summed E-state index contributed by atoms with van der Waals surface area (Å²) in [5.74, 6) is -0.281. The molecule has 0 fully saturated rings. The molecule has 0 aliphatic rings. The van der Waals surface area contributed by atoms with Gasteiger partial charge in [-0.25, -0.2) is 0 Å². The number of nitrogens with two attached hydrogens (primary N) is 3. The average molecular weight is 549 g/mol. The van der Waals surface area contributed by atoms with Crippen molar-refractivity contribution in [2.75, 3.05) is 45.6 Å². The Balaban J connectivity index is 1.58. The van der Waals surface area contributed by atoms with E-state index < -0.39 is 12.1 Å². The molecule has 40 heavy (non-hydrogen) atoms. The molecule has 0 saturated carbocycles. The van der Waals surface area contributed by atoms with Crippen molar-refractivity contribution < 1.29 is 14.1 Å². The first-order chi connectivity index (χ1) is 19.2. The lowest BCUT2D eigenvalue weighted by molar-refractivity contribution is -0.891. The van der Waals surface area contributed by atoms with Crippen molar-refractivity contribution in [2.45, 2.75) is 44.2 Å². The van der Waals surface area contributed by atoms with Crippen molar-refractivity contribution in [2.24, 2.45) is 23.1 Å². The van der Waals surface area contributed by atoms with E-state index >= 15 is 0 Å². The average Bonchev–Trinajstić information content (AvgIpc) is 2.95. The number of aryl methyl sites for hydroxylation is 1. The third kappa shape index (κ3) is 9.98. The molecule has 0 radical (unpaired) electrons. The number of anilines is 1. The fraction of sp³-hybridized carbons (Fsp3) is 0.452. The van der Waals surface area contributed by atoms with Crippen LogP contribution in [0.1, 0.15) is 31.2 Å². The number of hydrogen-bond acceptors (Lipinski definition) is 6. The van der Waals surface area contributed by atoms with Crippen LogP contribution in [0.4, 0.5) is 5.69 Å². The van der Waals surface area contributed by atoms with E-state index in [2.05, 4.69) is 29.7 Å². The Morgan fingerprint density at radius 2 is 1.60 bits per heavy atom. The number of nitrogens with zero attached hydrogens (tertiary/aromatic N) is 2. The van der Waals surface area contributed by atoms with Gasteiger partial charge in [0.2, 0.25) is 11.8 Å². The SMILES string of the molecule is C[N+](C)(CCC[C@H](N)C(=O)N[C@@H](CCc1ccccc1)C(=O)Nc1cnc2ccccc2c1)CCC(CN)CN. The quantitative estimate of drug-likeness (QED) is 0.174. The Labute approximate surface area is 238 Å². The molecule has 9 heteroatoms. The number of carbonyl (C=O) groups excluding carboxylic acids is 2. The van der Waals surface area contributed by atoms with E-state index in [1.54, 1.807) is 6.20 Å². The Kier molecular flexibility index (Phi) is 12.0. The second-order valence-corrected chi connectivity index (χ2v) is 11.2. The van der Waals surface area contributed by atoms with Crippen LogP contribution in [0, 0.1) is 5.92 Å². The molecule has 0 aliphatic heterocycles. The van der Waals surface area contributed by atoms with E-state index in [1.165, 1.54) is 0 Å². The van der Waals surface area contributed by atoms with Crippen molar-refractivity contribution in [1.29, 1.82) is 0 Å². The fourth-order valence-electron chi connectivity index (χ4n) is 4.72. The van der Waals surface area contributed by atoms with Gasteiger partial charge in [0.25, 0.3) is 0 Å². The summed E-state index contributed by atoms with van der Waals surface area (Å²) in [5, 5.41) is 6.78. The van der Waals surface area contributed by atoms with Crippen LogP contribution in [0.2, 0.25) is 0 Å². The molecule has 0 saturated heterocycles. The highest BCUT2D eigenvalue weighted by atomic mass is 16.2. The van der Waals surface area contributed by atoms with Crippen LogP contribution in [0.15, 0.2) is 66.9 Å². The molecular weight excluding hydrogens is 502 g/mol. The maximum absolute atomic E-state index is 13.3. The smallest absolute Gasteiger partial charge is 0.247 e. The number of aromatic nitrogens is 1. The highest BCUT2D eigenvalue weighted by molar-refractivity contribution is 5.98. The van der Waals surface area contributed by atoms with Crippen LogP contribution in [0.5, 0.6) is 0 Å². The van der Waals surface area contributed by atoms with Gasteiger partial charge >= 0.3 is 0 Å². The minimum atomic E-state index is -0.734. The minimum absolute atomic E-state index is 0.291. The van der Waals surface area contributed by atoms with Gasteiger partial charge in [0, 0.05) is 11.8 Å². The lowest BCUT2D eigenvalue weighted by Gasteiger charge is -2.31. The molecular formula is C31H46N7O2+. The lowest BCUT2D eigenvalue weighted by Crippen LogP contribution is -2.50. The van der Waals surface area contributed by atoms with E-state index in [1.807, 2.05) is 60.7 Å². The van der Waals surface area contributed by atoms with Gasteiger partial charge in [0.1, 0.15) is 6.04 Å². The number of quaternary nitrogens is 1. The molecule has 8 N–H and O–H groups in total. The van der Waals surface area contributed by atoms with Crippen LogP contribution in [-0.2, 0) is 16.0 Å². The monoisotopic (exact) mass is 548 g/mol. The molecule has 0 bridgehead atoms. The number of hydrogen-bond donors (Lipinski definition) is 5. The molecule has 1 heterocycles. The largest absolute Gasteiger partial charge is 0.343 e. The maximum atomic E-state index is 13.3. The maximum Gasteiger partial charge on any atom is 0.247 e. The second kappa shape index (κ2) is 15.4. The summed E-state index contributed by atoms with van der Waals surface area (Å²) in [5.41, 5.74) is 20.4. The first-order valence-electron chi connectivity index (χ1n) is 14.2. The van der Waals surface area contributed by atoms with Crippen molar-refractivity contribution in [1.82, 2.24) is 10.3 Å². The second-order valence-electron chi connectivity index (χ2n) is 11.2. The number of amides is 2. The number of pyridine rings is 1. The van der Waals surface area contributed by atoms with E-state index in [4.69, 9.17) is 17.2 Å². The Morgan fingerprint density at radius 1 is 0.900 bits per heavy atom. The zero-order valence-electron chi connectivity index (χ0n) is 23.9. The van der Waals surface area contributed by atoms with Gasteiger partial charge in [-0.2, -0.15) is 0 Å². The van der Waals surface area contributed by atoms with Gasteiger partial charge in [-0.1, -0.05) is 48.5 Å². The van der Waals surface area contributed by atoms with Crippen molar-refractivity contribution in [3.63, 3.8) is 0 Å². The predicted molar refractivity (Wildman–Crippen MR) is 162 cm³/mol. The van der Waals surface area contributed by atoms with Crippen LogP contribution in [0.25, 0.3) is 10.9 Å². The summed E-state index contributed by atoms with van der Waals surface area (Å²) in [6.07, 6.45) is 5.02. The number of carbonyl (C=O) groups is 2. The van der Waals surface area contributed by atoms with E-state index in [0.29, 0.717) is 44.0 Å². The number of rotatable bonds is 16. The summed E-state index contributed by atoms with van der Waals surface area (Å²) in [7, 11) is 4.34. The van der Waals surface area contributed by atoms with Crippen LogP contribution < -0.4 is 27.8 Å². The summed E-state index contributed by atoms with van der Waals surface area (Å²) >= 11 is 0. The van der Waals surface area contributed by atoms with Crippen LogP contribution >= 0.6 is 0 Å². The molecule has 0 aliphatic carbocycles. The highest BCUT2D eigenvalue weighted by Gasteiger charge is 2.25. The Morgan fingerprint density at radius 3 is 2.33 bits per heavy atom. The Hall–Kier alpha value is -3.37. The van der Waals surface area contributed by atoms with Crippen LogP contribution in [0.3, 0.4) is 0 Å². The molecule has 216 valence electrons. The Bertz CT molecular complexity index is 1210. The molecule has 2 amide bonds. The minimum Gasteiger partial charge on any atom is -0.343 e. The molecule has 2 atom stereocenters. The molecule has 2 aromatic carbocycles. The third-order valence-electron chi connectivity index (χ3n) is 7.48. The molecule has 9 nitrogen and oxygen atoms in total. The molecule has 0 unspecified atom stereocenters. The molecule has 3 rings (SSSR count). The zero-order valence-corrected chi connectivity index (χ0v) is 23.9. The van der Waals surface area contributed by atoms with Crippen molar-refractivity contribution in [3.8, 4) is 0 Å². The number of fused-ring (bicyclic) bond motifs is 1. The topological polar surface area (TPSA) is 149 Å². The van der Waals surface area contributed by atoms with E-state index in [-0.39, 0.29) is 11.8 Å². The van der Waals surface area contributed by atoms with Gasteiger partial charge in [0.15, 0.2) is 0 Å². The van der Waals surface area contributed by atoms with E-state index in [0.717, 1.165) is 46.9 Å². The summed E-state index contributed by atoms with van der Waals surface area (Å²) in [6, 6.07) is 18.1. The summed E-state index contributed by atoms with van der Waals surface area (Å²) < 4.78 is 0.812. The van der Waals surface area contributed by atoms with Crippen LogP contribution in [-0.4, -0.2) is 73.6 Å². The normalized spacial score (nSPS) is 13.2. The lowest BCUT2D eigenvalue weighted by atomic mass is 10.0. The highest BCUT2D eigenvalue weighted by Crippen LogP contribution is 2.17. The van der Waals surface area contributed by atoms with Crippen molar-refractivity contribution >= 4 is 28.4 Å². The first-order valence-corrected chi connectivity index (χ1v) is 14.2. The molecule has 1 aromatic heterocycles. The van der Waals surface area contributed by atoms with Gasteiger partial charge in [0.05, 0.1) is 50.6 Å². The standard InChI is InChI=1S/C31H45N7O2/c1-38(2,18-16-24(20-32)21-33)17-8-12-27(34)30(39)37-29(15-14-23-9-4-3-5-10-23)31(40)36-26-19-25-11-6-7-13-28(25)35-22-26/h3-7,9-11,13,19,22,24,27,29H,8,12,14-18,20-21,32-34H2,1-2H3,(H-,36,37,39,40)/p+1/t27-,29-/m0/s1. The summed E-state index contributed by atoms with van der Waals surface area (Å²) in [6.45, 7) is 3.04. The van der Waals surface area contributed by atoms with Gasteiger partial charge < -0.3 is 32.3 Å². The number of para-hydroxylation sites is 1. The van der Waals surface area contributed by atoms with Gasteiger partial charge in [-0.15, -0.1) is 0 Å². The third-order valence-corrected chi connectivity index (χ3v) is 7.48. The number of benzene rings is 2.